The molecule has 0 unspecified atom stereocenters. The van der Waals surface area contributed by atoms with E-state index in [1.807, 2.05) is 42.7 Å². The first-order chi connectivity index (χ1) is 12.1. The number of hydrogen-bond donors (Lipinski definition) is 1. The highest BCUT2D eigenvalue weighted by molar-refractivity contribution is 5.92. The predicted octanol–water partition coefficient (Wildman–Crippen LogP) is 3.79. The fourth-order valence-electron chi connectivity index (χ4n) is 2.70. The third kappa shape index (κ3) is 4.04. The van der Waals surface area contributed by atoms with E-state index >= 15 is 0 Å². The van der Waals surface area contributed by atoms with Gasteiger partial charge in [-0.05, 0) is 12.5 Å². The highest BCUT2D eigenvalue weighted by atomic mass is 16.1. The first kappa shape index (κ1) is 16.7. The van der Waals surface area contributed by atoms with Gasteiger partial charge < -0.3 is 9.88 Å². The summed E-state index contributed by atoms with van der Waals surface area (Å²) in [5, 5.41) is 2.87. The number of aromatic nitrogens is 2. The van der Waals surface area contributed by atoms with Crippen LogP contribution in [-0.4, -0.2) is 15.5 Å². The molecule has 0 saturated carbocycles. The van der Waals surface area contributed by atoms with Crippen molar-refractivity contribution in [2.45, 2.75) is 20.0 Å². The number of nitrogens with zero attached hydrogens (tertiary/aromatic N) is 2. The zero-order valence-electron chi connectivity index (χ0n) is 14.3. The predicted molar refractivity (Wildman–Crippen MR) is 99.9 cm³/mol. The first-order valence-electron chi connectivity index (χ1n) is 8.22. The van der Waals surface area contributed by atoms with E-state index in [1.165, 1.54) is 5.56 Å². The summed E-state index contributed by atoms with van der Waals surface area (Å²) in [5.41, 5.74) is 4.64. The van der Waals surface area contributed by atoms with Crippen molar-refractivity contribution in [2.24, 2.45) is 0 Å². The van der Waals surface area contributed by atoms with Crippen molar-refractivity contribution in [1.29, 1.82) is 0 Å². The molecule has 1 N–H and O–H groups in total. The molecule has 0 radical (unpaired) electrons. The summed E-state index contributed by atoms with van der Waals surface area (Å²) in [5.74, 6) is -0.156. The van der Waals surface area contributed by atoms with Gasteiger partial charge in [-0.15, -0.1) is 0 Å². The van der Waals surface area contributed by atoms with Gasteiger partial charge in [0.2, 0.25) is 5.91 Å². The van der Waals surface area contributed by atoms with Crippen molar-refractivity contribution in [3.63, 3.8) is 0 Å². The molecule has 1 heterocycles. The second-order valence-electron chi connectivity index (χ2n) is 5.98. The average molecular weight is 331 g/mol. The van der Waals surface area contributed by atoms with Crippen molar-refractivity contribution in [3.05, 3.63) is 90.4 Å². The van der Waals surface area contributed by atoms with Crippen LogP contribution in [0, 0.1) is 0 Å². The number of amides is 1. The molecule has 0 bridgehead atoms. The average Bonchev–Trinajstić information content (AvgIpc) is 3.03. The number of carbonyl (C=O) groups excluding carboxylic acids is 1. The van der Waals surface area contributed by atoms with Gasteiger partial charge in [0.1, 0.15) is 0 Å². The number of carbonyl (C=O) groups is 1. The van der Waals surface area contributed by atoms with Gasteiger partial charge in [0.15, 0.2) is 0 Å². The largest absolute Gasteiger partial charge is 0.347 e. The lowest BCUT2D eigenvalue weighted by Gasteiger charge is -2.11. The van der Waals surface area contributed by atoms with Gasteiger partial charge in [-0.1, -0.05) is 67.2 Å². The van der Waals surface area contributed by atoms with Crippen molar-refractivity contribution >= 4 is 5.91 Å². The summed E-state index contributed by atoms with van der Waals surface area (Å²) in [4.78, 5) is 16.4. The summed E-state index contributed by atoms with van der Waals surface area (Å²) in [6.45, 7) is 6.47. The molecule has 4 heteroatoms. The minimum Gasteiger partial charge on any atom is -0.347 e. The fraction of sp³-hybridized carbons (Fsp3) is 0.143. The van der Waals surface area contributed by atoms with Gasteiger partial charge in [0, 0.05) is 17.7 Å². The maximum atomic E-state index is 11.8. The number of nitrogens with one attached hydrogen (secondary N) is 1. The van der Waals surface area contributed by atoms with E-state index in [0.29, 0.717) is 12.1 Å². The smallest absolute Gasteiger partial charge is 0.246 e. The van der Waals surface area contributed by atoms with Gasteiger partial charge in [0.05, 0.1) is 24.3 Å². The maximum Gasteiger partial charge on any atom is 0.246 e. The molecular weight excluding hydrogens is 310 g/mol. The normalized spacial score (nSPS) is 10.4. The number of imidazole rings is 1. The lowest BCUT2D eigenvalue weighted by atomic mass is 10.1. The second kappa shape index (κ2) is 7.62. The molecule has 25 heavy (non-hydrogen) atoms. The quantitative estimate of drug-likeness (QED) is 0.699. The fourth-order valence-corrected chi connectivity index (χ4v) is 2.70. The molecule has 0 aliphatic rings. The van der Waals surface area contributed by atoms with Crippen LogP contribution in [0.15, 0.2) is 79.1 Å². The maximum absolute atomic E-state index is 11.8. The minimum absolute atomic E-state index is 0.156. The van der Waals surface area contributed by atoms with Crippen LogP contribution < -0.4 is 5.32 Å². The van der Waals surface area contributed by atoms with Crippen LogP contribution in [0.25, 0.3) is 11.3 Å². The van der Waals surface area contributed by atoms with E-state index in [0.717, 1.165) is 23.5 Å². The summed E-state index contributed by atoms with van der Waals surface area (Å²) in [7, 11) is 0. The van der Waals surface area contributed by atoms with Crippen LogP contribution in [0.4, 0.5) is 0 Å². The summed E-state index contributed by atoms with van der Waals surface area (Å²) in [6.07, 6.45) is 1.83. The Morgan fingerprint density at radius 1 is 1.08 bits per heavy atom. The van der Waals surface area contributed by atoms with Gasteiger partial charge in [0.25, 0.3) is 0 Å². The summed E-state index contributed by atoms with van der Waals surface area (Å²) in [6, 6.07) is 20.4. The summed E-state index contributed by atoms with van der Waals surface area (Å²) >= 11 is 0. The molecule has 0 fully saturated rings. The minimum atomic E-state index is -0.156. The molecule has 1 amide bonds. The zero-order valence-corrected chi connectivity index (χ0v) is 14.3. The third-order valence-corrected chi connectivity index (χ3v) is 3.96. The Balaban J connectivity index is 1.93. The standard InChI is InChI=1S/C21H21N3O/c1-16(2)21(25)22-13-19-20(18-11-7-4-8-12-18)24(15-23-19)14-17-9-5-3-6-10-17/h3-12,15H,1,13-14H2,2H3,(H,22,25). The van der Waals surface area contributed by atoms with Crippen LogP contribution in [0.1, 0.15) is 18.2 Å². The Bertz CT molecular complexity index is 867. The monoisotopic (exact) mass is 331 g/mol. The van der Waals surface area contributed by atoms with Gasteiger partial charge in [-0.2, -0.15) is 0 Å². The Morgan fingerprint density at radius 2 is 1.72 bits per heavy atom. The van der Waals surface area contributed by atoms with Gasteiger partial charge in [-0.25, -0.2) is 4.98 Å². The molecule has 0 aliphatic heterocycles. The van der Waals surface area contributed by atoms with E-state index < -0.39 is 0 Å². The summed E-state index contributed by atoms with van der Waals surface area (Å²) < 4.78 is 2.12. The van der Waals surface area contributed by atoms with Crippen LogP contribution in [-0.2, 0) is 17.9 Å². The molecule has 0 spiro atoms. The third-order valence-electron chi connectivity index (χ3n) is 3.96. The topological polar surface area (TPSA) is 46.9 Å². The second-order valence-corrected chi connectivity index (χ2v) is 5.98. The Hall–Kier alpha value is -3.14. The molecule has 3 rings (SSSR count). The van der Waals surface area contributed by atoms with Crippen LogP contribution in [0.2, 0.25) is 0 Å². The van der Waals surface area contributed by atoms with E-state index in [2.05, 4.69) is 45.7 Å². The first-order valence-corrected chi connectivity index (χ1v) is 8.22. The van der Waals surface area contributed by atoms with Crippen LogP contribution >= 0.6 is 0 Å². The van der Waals surface area contributed by atoms with E-state index in [4.69, 9.17) is 0 Å². The van der Waals surface area contributed by atoms with Gasteiger partial charge in [-0.3, -0.25) is 4.79 Å². The zero-order chi connectivity index (χ0) is 17.6. The number of hydrogen-bond acceptors (Lipinski definition) is 2. The van der Waals surface area contributed by atoms with Crippen LogP contribution in [0.5, 0.6) is 0 Å². The van der Waals surface area contributed by atoms with Crippen LogP contribution in [0.3, 0.4) is 0 Å². The lowest BCUT2D eigenvalue weighted by Crippen LogP contribution is -2.23. The highest BCUT2D eigenvalue weighted by Gasteiger charge is 2.14. The number of benzene rings is 2. The number of rotatable bonds is 6. The molecule has 126 valence electrons. The lowest BCUT2D eigenvalue weighted by molar-refractivity contribution is -0.117. The molecule has 4 nitrogen and oxygen atoms in total. The molecule has 0 aliphatic carbocycles. The van der Waals surface area contributed by atoms with E-state index in [9.17, 15) is 4.79 Å². The molecule has 2 aromatic carbocycles. The molecule has 0 atom stereocenters. The molecule has 0 saturated heterocycles. The molecule has 1 aromatic heterocycles. The Morgan fingerprint density at radius 3 is 2.36 bits per heavy atom. The Labute approximate surface area is 147 Å². The van der Waals surface area contributed by atoms with E-state index in [-0.39, 0.29) is 5.91 Å². The molecule has 3 aromatic rings. The highest BCUT2D eigenvalue weighted by Crippen LogP contribution is 2.24. The van der Waals surface area contributed by atoms with Crippen molar-refractivity contribution in [1.82, 2.24) is 14.9 Å². The van der Waals surface area contributed by atoms with Gasteiger partial charge >= 0.3 is 0 Å². The Kier molecular flexibility index (Phi) is 5.09. The van der Waals surface area contributed by atoms with E-state index in [1.54, 1.807) is 6.92 Å². The SMILES string of the molecule is C=C(C)C(=O)NCc1ncn(Cc2ccccc2)c1-c1ccccc1. The van der Waals surface area contributed by atoms with Crippen molar-refractivity contribution < 1.29 is 4.79 Å². The van der Waals surface area contributed by atoms with Crippen molar-refractivity contribution in [3.8, 4) is 11.3 Å². The molecular formula is C21H21N3O. The van der Waals surface area contributed by atoms with Crippen molar-refractivity contribution in [2.75, 3.05) is 0 Å².